The summed E-state index contributed by atoms with van der Waals surface area (Å²) in [7, 11) is 0. The van der Waals surface area contributed by atoms with Crippen molar-refractivity contribution in [1.82, 2.24) is 14.9 Å². The van der Waals surface area contributed by atoms with Gasteiger partial charge >= 0.3 is 0 Å². The zero-order chi connectivity index (χ0) is 21.4. The molecule has 0 radical (unpaired) electrons. The fraction of sp³-hybridized carbons (Fsp3) is 0. The lowest BCUT2D eigenvalue weighted by Gasteiger charge is -2.19. The number of carbonyl (C=O) groups is 1. The summed E-state index contributed by atoms with van der Waals surface area (Å²) in [5, 5.41) is 15.0. The Bertz CT molecular complexity index is 1300. The average Bonchev–Trinajstić information content (AvgIpc) is 3.44. The van der Waals surface area contributed by atoms with Crippen molar-refractivity contribution >= 4 is 52.3 Å². The zero-order valence-electron chi connectivity index (χ0n) is 15.7. The van der Waals surface area contributed by atoms with Crippen LogP contribution in [0, 0.1) is 0 Å². The second kappa shape index (κ2) is 8.14. The quantitative estimate of drug-likeness (QED) is 0.396. The first-order chi connectivity index (χ1) is 15.1. The lowest BCUT2D eigenvalue weighted by Crippen LogP contribution is -2.18. The molecule has 31 heavy (non-hydrogen) atoms. The van der Waals surface area contributed by atoms with Crippen LogP contribution in [0.5, 0.6) is 0 Å². The highest BCUT2D eigenvalue weighted by Gasteiger charge is 2.21. The number of carbonyl (C=O) groups excluding carboxylic acids is 1. The van der Waals surface area contributed by atoms with E-state index in [0.717, 1.165) is 16.8 Å². The second-order valence-corrected chi connectivity index (χ2v) is 8.22. The molecule has 0 unspecified atom stereocenters. The van der Waals surface area contributed by atoms with Crippen LogP contribution in [0.3, 0.4) is 0 Å². The molecule has 7 nitrogen and oxygen atoms in total. The van der Waals surface area contributed by atoms with Gasteiger partial charge in [0.25, 0.3) is 5.91 Å². The minimum Gasteiger partial charge on any atom is -0.459 e. The van der Waals surface area contributed by atoms with Gasteiger partial charge in [-0.2, -0.15) is 0 Å². The zero-order valence-corrected chi connectivity index (χ0v) is 18.0. The molecule has 1 aliphatic heterocycles. The third kappa shape index (κ3) is 3.93. The van der Waals surface area contributed by atoms with E-state index in [9.17, 15) is 4.79 Å². The van der Waals surface area contributed by atoms with E-state index in [-0.39, 0.29) is 11.7 Å². The van der Waals surface area contributed by atoms with Crippen LogP contribution in [0.15, 0.2) is 75.8 Å². The molecular formula is C21H13Cl2N5O2S. The Morgan fingerprint density at radius 1 is 1.10 bits per heavy atom. The van der Waals surface area contributed by atoms with E-state index in [1.54, 1.807) is 28.9 Å². The highest BCUT2D eigenvalue weighted by molar-refractivity contribution is 8.02. The highest BCUT2D eigenvalue weighted by atomic mass is 35.5. The number of furan rings is 1. The molecule has 10 heteroatoms. The van der Waals surface area contributed by atoms with Gasteiger partial charge in [0.05, 0.1) is 17.0 Å². The number of aromatic nitrogens is 3. The van der Waals surface area contributed by atoms with Crippen molar-refractivity contribution in [2.24, 2.45) is 0 Å². The van der Waals surface area contributed by atoms with E-state index >= 15 is 0 Å². The van der Waals surface area contributed by atoms with Crippen LogP contribution in [-0.4, -0.2) is 20.8 Å². The van der Waals surface area contributed by atoms with Crippen LogP contribution in [0.4, 0.5) is 5.69 Å². The number of anilines is 1. The van der Waals surface area contributed by atoms with Crippen molar-refractivity contribution in [2.75, 3.05) is 10.7 Å². The molecule has 0 saturated carbocycles. The van der Waals surface area contributed by atoms with Gasteiger partial charge in [-0.3, -0.25) is 10.2 Å². The number of halogens is 2. The largest absolute Gasteiger partial charge is 0.459 e. The second-order valence-electron chi connectivity index (χ2n) is 6.54. The molecule has 154 valence electrons. The Labute approximate surface area is 191 Å². The Balaban J connectivity index is 1.36. The summed E-state index contributed by atoms with van der Waals surface area (Å²) in [6.07, 6.45) is 1.46. The molecule has 2 N–H and O–H groups in total. The monoisotopic (exact) mass is 469 g/mol. The maximum absolute atomic E-state index is 12.1. The molecule has 0 spiro atoms. The third-order valence-electron chi connectivity index (χ3n) is 4.52. The molecule has 2 aromatic heterocycles. The molecule has 0 atom stereocenters. The molecule has 2 aromatic carbocycles. The smallest absolute Gasteiger partial charge is 0.291 e. The number of hydrogen-bond donors (Lipinski definition) is 2. The molecule has 1 aliphatic rings. The van der Waals surface area contributed by atoms with Gasteiger partial charge in [0.15, 0.2) is 11.6 Å². The number of benzene rings is 2. The first-order valence-corrected chi connectivity index (χ1v) is 10.7. The summed E-state index contributed by atoms with van der Waals surface area (Å²) in [4.78, 5) is 12.1. The predicted octanol–water partition coefficient (Wildman–Crippen LogP) is 5.75. The van der Waals surface area contributed by atoms with Crippen molar-refractivity contribution in [3.05, 3.63) is 87.6 Å². The molecule has 5 rings (SSSR count). The predicted molar refractivity (Wildman–Crippen MR) is 122 cm³/mol. The van der Waals surface area contributed by atoms with Crippen LogP contribution >= 0.6 is 35.0 Å². The summed E-state index contributed by atoms with van der Waals surface area (Å²) >= 11 is 13.8. The number of nitrogens with one attached hydrogen (secondary N) is 2. The van der Waals surface area contributed by atoms with Gasteiger partial charge in [-0.1, -0.05) is 47.1 Å². The van der Waals surface area contributed by atoms with E-state index in [2.05, 4.69) is 20.9 Å². The number of hydrogen-bond acceptors (Lipinski definition) is 6. The van der Waals surface area contributed by atoms with Crippen LogP contribution in [0.25, 0.3) is 17.1 Å². The van der Waals surface area contributed by atoms with Crippen LogP contribution in [0.2, 0.25) is 10.0 Å². The van der Waals surface area contributed by atoms with Crippen molar-refractivity contribution in [3.63, 3.8) is 0 Å². The average molecular weight is 470 g/mol. The lowest BCUT2D eigenvalue weighted by atomic mass is 10.1. The lowest BCUT2D eigenvalue weighted by molar-refractivity contribution is 0.0996. The SMILES string of the molecule is O=C(Nc1ccc(C2=CSc3nnc(-c4ccc(Cl)cc4Cl)n3N2)cc1)c1ccco1. The minimum absolute atomic E-state index is 0.255. The Kier molecular flexibility index (Phi) is 5.19. The van der Waals surface area contributed by atoms with Crippen LogP contribution in [-0.2, 0) is 0 Å². The molecule has 0 aliphatic carbocycles. The van der Waals surface area contributed by atoms with Gasteiger partial charge in [0.2, 0.25) is 5.16 Å². The summed E-state index contributed by atoms with van der Waals surface area (Å²) < 4.78 is 6.89. The molecule has 0 fully saturated rings. The van der Waals surface area contributed by atoms with Gasteiger partial charge < -0.3 is 9.73 Å². The normalized spacial score (nSPS) is 12.6. The first kappa shape index (κ1) is 19.7. The van der Waals surface area contributed by atoms with Crippen molar-refractivity contribution in [2.45, 2.75) is 5.16 Å². The van der Waals surface area contributed by atoms with Crippen molar-refractivity contribution < 1.29 is 9.21 Å². The highest BCUT2D eigenvalue weighted by Crippen LogP contribution is 2.34. The van der Waals surface area contributed by atoms with E-state index < -0.39 is 0 Å². The number of amides is 1. The van der Waals surface area contributed by atoms with E-state index in [0.29, 0.717) is 26.7 Å². The molecule has 0 saturated heterocycles. The minimum atomic E-state index is -0.304. The molecule has 0 bridgehead atoms. The number of fused-ring (bicyclic) bond motifs is 1. The summed E-state index contributed by atoms with van der Waals surface area (Å²) in [5.74, 6) is 0.532. The van der Waals surface area contributed by atoms with Crippen LogP contribution in [0.1, 0.15) is 16.1 Å². The molecule has 1 amide bonds. The Morgan fingerprint density at radius 3 is 2.68 bits per heavy atom. The fourth-order valence-electron chi connectivity index (χ4n) is 3.02. The van der Waals surface area contributed by atoms with Crippen molar-refractivity contribution in [1.29, 1.82) is 0 Å². The standard InChI is InChI=1S/C21H13Cl2N5O2S/c22-13-5-8-15(16(23)10-13)19-25-26-21-28(19)27-17(11-31-21)12-3-6-14(7-4-12)24-20(29)18-2-1-9-30-18/h1-11,27H,(H,24,29). The Hall–Kier alpha value is -3.20. The van der Waals surface area contributed by atoms with E-state index in [1.165, 1.54) is 18.0 Å². The summed E-state index contributed by atoms with van der Waals surface area (Å²) in [5.41, 5.74) is 6.48. The van der Waals surface area contributed by atoms with Crippen LogP contribution < -0.4 is 10.7 Å². The maximum atomic E-state index is 12.1. The third-order valence-corrected chi connectivity index (χ3v) is 5.89. The number of nitrogens with zero attached hydrogens (tertiary/aromatic N) is 3. The maximum Gasteiger partial charge on any atom is 0.291 e. The van der Waals surface area contributed by atoms with Gasteiger partial charge in [-0.15, -0.1) is 10.2 Å². The van der Waals surface area contributed by atoms with E-state index in [1.807, 2.05) is 35.7 Å². The van der Waals surface area contributed by atoms with Gasteiger partial charge in [0, 0.05) is 27.2 Å². The summed E-state index contributed by atoms with van der Waals surface area (Å²) in [6.45, 7) is 0. The van der Waals surface area contributed by atoms with Crippen molar-refractivity contribution in [3.8, 4) is 11.4 Å². The molecule has 3 heterocycles. The topological polar surface area (TPSA) is 85.0 Å². The van der Waals surface area contributed by atoms with Gasteiger partial charge in [-0.25, -0.2) is 4.68 Å². The molecule has 4 aromatic rings. The Morgan fingerprint density at radius 2 is 1.94 bits per heavy atom. The summed E-state index contributed by atoms with van der Waals surface area (Å²) in [6, 6.07) is 16.0. The molecular weight excluding hydrogens is 457 g/mol. The fourth-order valence-corrected chi connectivity index (χ4v) is 4.25. The van der Waals surface area contributed by atoms with E-state index in [4.69, 9.17) is 27.6 Å². The van der Waals surface area contributed by atoms with Gasteiger partial charge in [-0.05, 0) is 42.5 Å². The number of thioether (sulfide) groups is 1. The first-order valence-electron chi connectivity index (χ1n) is 9.08. The number of rotatable bonds is 4. The van der Waals surface area contributed by atoms with Gasteiger partial charge in [0.1, 0.15) is 0 Å².